The Kier molecular flexibility index (Phi) is 3.07. The van der Waals surface area contributed by atoms with Gasteiger partial charge in [0.25, 0.3) is 0 Å². The molecule has 0 amide bonds. The standard InChI is InChI=1S/C13H18N2O2/c1-3-17-12(16)13(14)8-9-15(2)11-7-5-4-6-10(11)13/h4-7H,3,8-9,14H2,1-2H3. The quantitative estimate of drug-likeness (QED) is 0.782. The van der Waals surface area contributed by atoms with Crippen molar-refractivity contribution >= 4 is 11.7 Å². The molecule has 0 saturated carbocycles. The Labute approximate surface area is 101 Å². The van der Waals surface area contributed by atoms with E-state index in [1.54, 1.807) is 6.92 Å². The van der Waals surface area contributed by atoms with Crippen LogP contribution in [-0.2, 0) is 15.1 Å². The van der Waals surface area contributed by atoms with Crippen LogP contribution in [0.25, 0.3) is 0 Å². The van der Waals surface area contributed by atoms with Crippen LogP contribution in [0.3, 0.4) is 0 Å². The molecule has 0 aromatic heterocycles. The second kappa shape index (κ2) is 4.37. The molecule has 1 aromatic rings. The maximum absolute atomic E-state index is 12.0. The summed E-state index contributed by atoms with van der Waals surface area (Å²) in [5, 5.41) is 0. The molecule has 0 fully saturated rings. The highest BCUT2D eigenvalue weighted by molar-refractivity contribution is 5.86. The first kappa shape index (κ1) is 11.9. The van der Waals surface area contributed by atoms with E-state index in [9.17, 15) is 4.79 Å². The Morgan fingerprint density at radius 3 is 2.94 bits per heavy atom. The predicted octanol–water partition coefficient (Wildman–Crippen LogP) is 1.24. The fourth-order valence-corrected chi connectivity index (χ4v) is 2.25. The minimum absolute atomic E-state index is 0.333. The Morgan fingerprint density at radius 2 is 2.24 bits per heavy atom. The van der Waals surface area contributed by atoms with Crippen molar-refractivity contribution in [2.24, 2.45) is 5.73 Å². The number of rotatable bonds is 2. The van der Waals surface area contributed by atoms with Gasteiger partial charge >= 0.3 is 5.97 Å². The molecule has 1 heterocycles. The number of anilines is 1. The number of para-hydroxylation sites is 1. The van der Waals surface area contributed by atoms with Gasteiger partial charge < -0.3 is 15.4 Å². The molecule has 1 aliphatic rings. The number of esters is 1. The van der Waals surface area contributed by atoms with E-state index in [0.717, 1.165) is 17.8 Å². The average Bonchev–Trinajstić information content (AvgIpc) is 2.35. The second-order valence-corrected chi connectivity index (χ2v) is 4.38. The monoisotopic (exact) mass is 234 g/mol. The molecular formula is C13H18N2O2. The van der Waals surface area contributed by atoms with Gasteiger partial charge in [-0.15, -0.1) is 0 Å². The normalized spacial score (nSPS) is 23.1. The first-order valence-electron chi connectivity index (χ1n) is 5.86. The van der Waals surface area contributed by atoms with Crippen LogP contribution in [0, 0.1) is 0 Å². The number of ether oxygens (including phenoxy) is 1. The van der Waals surface area contributed by atoms with Gasteiger partial charge in [-0.1, -0.05) is 18.2 Å². The van der Waals surface area contributed by atoms with Crippen LogP contribution in [-0.4, -0.2) is 26.2 Å². The number of fused-ring (bicyclic) bond motifs is 1. The van der Waals surface area contributed by atoms with Crippen LogP contribution in [0.5, 0.6) is 0 Å². The Hall–Kier alpha value is -1.55. The SMILES string of the molecule is CCOC(=O)C1(N)CCN(C)c2ccccc21. The highest BCUT2D eigenvalue weighted by Crippen LogP contribution is 2.36. The molecule has 0 saturated heterocycles. The number of nitrogens with two attached hydrogens (primary N) is 1. The maximum atomic E-state index is 12.0. The van der Waals surface area contributed by atoms with Crippen molar-refractivity contribution in [3.8, 4) is 0 Å². The summed E-state index contributed by atoms with van der Waals surface area (Å²) >= 11 is 0. The van der Waals surface area contributed by atoms with Gasteiger partial charge in [0, 0.05) is 24.8 Å². The summed E-state index contributed by atoms with van der Waals surface area (Å²) in [6.07, 6.45) is 0.583. The van der Waals surface area contributed by atoms with E-state index in [1.165, 1.54) is 0 Å². The fourth-order valence-electron chi connectivity index (χ4n) is 2.25. The van der Waals surface area contributed by atoms with Gasteiger partial charge in [0.05, 0.1) is 6.61 Å². The predicted molar refractivity (Wildman–Crippen MR) is 66.8 cm³/mol. The summed E-state index contributed by atoms with van der Waals surface area (Å²) in [6.45, 7) is 2.91. The zero-order chi connectivity index (χ0) is 12.5. The number of benzene rings is 1. The van der Waals surface area contributed by atoms with Crippen LogP contribution in [0.2, 0.25) is 0 Å². The zero-order valence-corrected chi connectivity index (χ0v) is 10.3. The zero-order valence-electron chi connectivity index (χ0n) is 10.3. The molecule has 1 aromatic carbocycles. The van der Waals surface area contributed by atoms with E-state index in [2.05, 4.69) is 4.90 Å². The van der Waals surface area contributed by atoms with E-state index in [1.807, 2.05) is 31.3 Å². The number of carbonyl (C=O) groups excluding carboxylic acids is 1. The minimum Gasteiger partial charge on any atom is -0.464 e. The molecule has 92 valence electrons. The van der Waals surface area contributed by atoms with Gasteiger partial charge in [0.2, 0.25) is 0 Å². The van der Waals surface area contributed by atoms with Gasteiger partial charge in [-0.2, -0.15) is 0 Å². The number of hydrogen-bond donors (Lipinski definition) is 1. The Balaban J connectivity index is 2.45. The van der Waals surface area contributed by atoms with Crippen LogP contribution in [0.1, 0.15) is 18.9 Å². The highest BCUT2D eigenvalue weighted by Gasteiger charge is 2.42. The Bertz CT molecular complexity index is 433. The molecule has 0 bridgehead atoms. The third-order valence-corrected chi connectivity index (χ3v) is 3.28. The molecule has 1 unspecified atom stereocenters. The van der Waals surface area contributed by atoms with Gasteiger partial charge in [-0.05, 0) is 19.4 Å². The number of carbonyl (C=O) groups is 1. The van der Waals surface area contributed by atoms with Gasteiger partial charge in [0.1, 0.15) is 5.54 Å². The Morgan fingerprint density at radius 1 is 1.53 bits per heavy atom. The number of hydrogen-bond acceptors (Lipinski definition) is 4. The first-order chi connectivity index (χ1) is 8.09. The maximum Gasteiger partial charge on any atom is 0.330 e. The van der Waals surface area contributed by atoms with E-state index < -0.39 is 5.54 Å². The van der Waals surface area contributed by atoms with Crippen LogP contribution in [0.15, 0.2) is 24.3 Å². The van der Waals surface area contributed by atoms with Crippen molar-refractivity contribution in [1.29, 1.82) is 0 Å². The summed E-state index contributed by atoms with van der Waals surface area (Å²) in [5.41, 5.74) is 7.12. The molecule has 2 N–H and O–H groups in total. The molecule has 2 rings (SSSR count). The van der Waals surface area contributed by atoms with E-state index >= 15 is 0 Å². The third-order valence-electron chi connectivity index (χ3n) is 3.28. The van der Waals surface area contributed by atoms with Gasteiger partial charge in [-0.3, -0.25) is 0 Å². The van der Waals surface area contributed by atoms with Crippen LogP contribution < -0.4 is 10.6 Å². The molecule has 4 nitrogen and oxygen atoms in total. The molecule has 17 heavy (non-hydrogen) atoms. The lowest BCUT2D eigenvalue weighted by Crippen LogP contribution is -2.51. The molecular weight excluding hydrogens is 216 g/mol. The number of nitrogens with zero attached hydrogens (tertiary/aromatic N) is 1. The highest BCUT2D eigenvalue weighted by atomic mass is 16.5. The smallest absolute Gasteiger partial charge is 0.330 e. The lowest BCUT2D eigenvalue weighted by atomic mass is 9.83. The molecule has 0 aliphatic carbocycles. The largest absolute Gasteiger partial charge is 0.464 e. The van der Waals surface area contributed by atoms with E-state index in [-0.39, 0.29) is 5.97 Å². The molecule has 4 heteroatoms. The molecule has 1 aliphatic heterocycles. The fraction of sp³-hybridized carbons (Fsp3) is 0.462. The third kappa shape index (κ3) is 1.89. The summed E-state index contributed by atoms with van der Waals surface area (Å²) in [7, 11) is 2.00. The summed E-state index contributed by atoms with van der Waals surface area (Å²) < 4.78 is 5.09. The minimum atomic E-state index is -1.00. The van der Waals surface area contributed by atoms with Crippen LogP contribution in [0.4, 0.5) is 5.69 Å². The lowest BCUT2D eigenvalue weighted by Gasteiger charge is -2.38. The average molecular weight is 234 g/mol. The molecule has 0 spiro atoms. The van der Waals surface area contributed by atoms with E-state index in [4.69, 9.17) is 10.5 Å². The summed E-state index contributed by atoms with van der Waals surface area (Å²) in [6, 6.07) is 7.74. The summed E-state index contributed by atoms with van der Waals surface area (Å²) in [5.74, 6) is -0.333. The van der Waals surface area contributed by atoms with Crippen molar-refractivity contribution < 1.29 is 9.53 Å². The van der Waals surface area contributed by atoms with Gasteiger partial charge in [-0.25, -0.2) is 4.79 Å². The lowest BCUT2D eigenvalue weighted by molar-refractivity contribution is -0.150. The molecule has 0 radical (unpaired) electrons. The second-order valence-electron chi connectivity index (χ2n) is 4.38. The summed E-state index contributed by atoms with van der Waals surface area (Å²) in [4.78, 5) is 14.1. The first-order valence-corrected chi connectivity index (χ1v) is 5.86. The van der Waals surface area contributed by atoms with Crippen molar-refractivity contribution in [3.63, 3.8) is 0 Å². The molecule has 1 atom stereocenters. The van der Waals surface area contributed by atoms with Crippen molar-refractivity contribution in [2.75, 3.05) is 25.1 Å². The van der Waals surface area contributed by atoms with E-state index in [0.29, 0.717) is 13.0 Å². The van der Waals surface area contributed by atoms with Crippen LogP contribution >= 0.6 is 0 Å². The van der Waals surface area contributed by atoms with Gasteiger partial charge in [0.15, 0.2) is 0 Å². The van der Waals surface area contributed by atoms with Crippen molar-refractivity contribution in [1.82, 2.24) is 0 Å². The topological polar surface area (TPSA) is 55.6 Å². The van der Waals surface area contributed by atoms with Crippen molar-refractivity contribution in [2.45, 2.75) is 18.9 Å². The van der Waals surface area contributed by atoms with Crippen molar-refractivity contribution in [3.05, 3.63) is 29.8 Å².